The number of hydrogen-bond acceptors (Lipinski definition) is 6. The Hall–Kier alpha value is -1.50. The van der Waals surface area contributed by atoms with Crippen molar-refractivity contribution in [2.45, 2.75) is 45.2 Å². The van der Waals surface area contributed by atoms with Gasteiger partial charge in [0.2, 0.25) is 0 Å². The number of aromatic nitrogens is 4. The maximum atomic E-state index is 11.1. The molecular weight excluding hydrogens is 234 g/mol. The van der Waals surface area contributed by atoms with Gasteiger partial charge in [-0.1, -0.05) is 0 Å². The molecule has 0 unspecified atom stereocenters. The second-order valence-electron chi connectivity index (χ2n) is 4.36. The lowest BCUT2D eigenvalue weighted by Gasteiger charge is -2.05. The van der Waals surface area contributed by atoms with Crippen molar-refractivity contribution in [2.75, 3.05) is 13.2 Å². The minimum absolute atomic E-state index is 0.137. The Morgan fingerprint density at radius 1 is 1.56 bits per heavy atom. The van der Waals surface area contributed by atoms with Gasteiger partial charge >= 0.3 is 5.97 Å². The van der Waals surface area contributed by atoms with Gasteiger partial charge < -0.3 is 10.1 Å². The van der Waals surface area contributed by atoms with Gasteiger partial charge in [-0.25, -0.2) is 4.68 Å². The first-order valence-corrected chi connectivity index (χ1v) is 6.44. The van der Waals surface area contributed by atoms with Gasteiger partial charge in [-0.3, -0.25) is 4.79 Å². The molecular formula is C11H19N5O2. The summed E-state index contributed by atoms with van der Waals surface area (Å²) < 4.78 is 6.74. The van der Waals surface area contributed by atoms with Crippen molar-refractivity contribution in [3.8, 4) is 0 Å². The Kier molecular flexibility index (Phi) is 4.63. The first-order chi connectivity index (χ1) is 8.81. The van der Waals surface area contributed by atoms with Crippen molar-refractivity contribution in [3.05, 3.63) is 5.82 Å². The first kappa shape index (κ1) is 12.9. The first-order valence-electron chi connectivity index (χ1n) is 6.44. The van der Waals surface area contributed by atoms with Crippen molar-refractivity contribution in [1.29, 1.82) is 0 Å². The van der Waals surface area contributed by atoms with E-state index in [4.69, 9.17) is 4.74 Å². The van der Waals surface area contributed by atoms with Crippen LogP contribution in [0.15, 0.2) is 0 Å². The molecule has 1 fully saturated rings. The molecule has 7 heteroatoms. The number of nitrogens with one attached hydrogen (secondary N) is 1. The van der Waals surface area contributed by atoms with E-state index in [9.17, 15) is 4.79 Å². The number of carbonyl (C=O) groups is 1. The Morgan fingerprint density at radius 3 is 3.11 bits per heavy atom. The zero-order valence-corrected chi connectivity index (χ0v) is 10.6. The fourth-order valence-corrected chi connectivity index (χ4v) is 1.72. The molecule has 0 amide bonds. The predicted molar refractivity (Wildman–Crippen MR) is 63.7 cm³/mol. The maximum absolute atomic E-state index is 11.1. The molecule has 0 spiro atoms. The van der Waals surface area contributed by atoms with Gasteiger partial charge in [0.25, 0.3) is 0 Å². The molecule has 0 bridgehead atoms. The van der Waals surface area contributed by atoms with Gasteiger partial charge in [0.15, 0.2) is 5.82 Å². The van der Waals surface area contributed by atoms with Crippen molar-refractivity contribution in [3.63, 3.8) is 0 Å². The van der Waals surface area contributed by atoms with Gasteiger partial charge in [-0.05, 0) is 43.2 Å². The topological polar surface area (TPSA) is 81.9 Å². The van der Waals surface area contributed by atoms with E-state index in [1.165, 1.54) is 12.8 Å². The van der Waals surface area contributed by atoms with Gasteiger partial charge in [0.05, 0.1) is 19.2 Å². The highest BCUT2D eigenvalue weighted by Crippen LogP contribution is 2.34. The average Bonchev–Trinajstić information content (AvgIpc) is 3.09. The number of esters is 1. The summed E-state index contributed by atoms with van der Waals surface area (Å²) in [5.41, 5.74) is 0. The van der Waals surface area contributed by atoms with E-state index in [2.05, 4.69) is 20.8 Å². The fraction of sp³-hybridized carbons (Fsp3) is 0.818. The smallest absolute Gasteiger partial charge is 0.305 e. The third-order valence-corrected chi connectivity index (χ3v) is 2.78. The fourth-order valence-electron chi connectivity index (χ4n) is 1.72. The Morgan fingerprint density at radius 2 is 2.39 bits per heavy atom. The van der Waals surface area contributed by atoms with Crippen LogP contribution in [-0.2, 0) is 16.1 Å². The SMILES string of the molecule is CCOC(=O)CCCNCc1nnnn1C1CC1. The highest BCUT2D eigenvalue weighted by molar-refractivity contribution is 5.69. The summed E-state index contributed by atoms with van der Waals surface area (Å²) in [6.45, 7) is 3.67. The molecule has 2 rings (SSSR count). The molecule has 1 aromatic rings. The van der Waals surface area contributed by atoms with Crippen LogP contribution in [0.1, 0.15) is 44.5 Å². The van der Waals surface area contributed by atoms with E-state index in [1.807, 2.05) is 11.6 Å². The third kappa shape index (κ3) is 3.76. The number of tetrazole rings is 1. The normalized spacial score (nSPS) is 14.7. The molecule has 0 radical (unpaired) electrons. The van der Waals surface area contributed by atoms with Crippen molar-refractivity contribution in [1.82, 2.24) is 25.5 Å². The van der Waals surface area contributed by atoms with E-state index < -0.39 is 0 Å². The minimum atomic E-state index is -0.137. The van der Waals surface area contributed by atoms with Crippen LogP contribution in [0.5, 0.6) is 0 Å². The summed E-state index contributed by atoms with van der Waals surface area (Å²) in [4.78, 5) is 11.1. The minimum Gasteiger partial charge on any atom is -0.466 e. The second-order valence-corrected chi connectivity index (χ2v) is 4.36. The predicted octanol–water partition coefficient (Wildman–Crippen LogP) is 0.441. The molecule has 1 aliphatic rings. The molecule has 0 aliphatic heterocycles. The van der Waals surface area contributed by atoms with E-state index in [0.29, 0.717) is 25.6 Å². The second kappa shape index (κ2) is 6.44. The monoisotopic (exact) mass is 253 g/mol. The van der Waals surface area contributed by atoms with E-state index in [-0.39, 0.29) is 5.97 Å². The molecule has 100 valence electrons. The summed E-state index contributed by atoms with van der Waals surface area (Å²) >= 11 is 0. The molecule has 7 nitrogen and oxygen atoms in total. The number of hydrogen-bond donors (Lipinski definition) is 1. The molecule has 1 heterocycles. The molecule has 1 aliphatic carbocycles. The Balaban J connectivity index is 1.60. The van der Waals surface area contributed by atoms with Crippen LogP contribution in [-0.4, -0.2) is 39.3 Å². The average molecular weight is 253 g/mol. The Bertz CT molecular complexity index is 389. The summed E-state index contributed by atoms with van der Waals surface area (Å²) in [6.07, 6.45) is 3.56. The molecule has 1 N–H and O–H groups in total. The van der Waals surface area contributed by atoms with Crippen molar-refractivity contribution >= 4 is 5.97 Å². The summed E-state index contributed by atoms with van der Waals surface area (Å²) in [6, 6.07) is 0.497. The number of nitrogens with zero attached hydrogens (tertiary/aromatic N) is 4. The van der Waals surface area contributed by atoms with Crippen molar-refractivity contribution in [2.24, 2.45) is 0 Å². The zero-order valence-electron chi connectivity index (χ0n) is 10.6. The standard InChI is InChI=1S/C11H19N5O2/c1-2-18-11(17)4-3-7-12-8-10-13-14-15-16(10)9-5-6-9/h9,12H,2-8H2,1H3. The summed E-state index contributed by atoms with van der Waals surface area (Å²) in [7, 11) is 0. The maximum Gasteiger partial charge on any atom is 0.305 e. The largest absolute Gasteiger partial charge is 0.466 e. The van der Waals surface area contributed by atoms with Gasteiger partial charge in [0.1, 0.15) is 0 Å². The highest BCUT2D eigenvalue weighted by atomic mass is 16.5. The quantitative estimate of drug-likeness (QED) is 0.535. The third-order valence-electron chi connectivity index (χ3n) is 2.78. The van der Waals surface area contributed by atoms with Crippen LogP contribution < -0.4 is 5.32 Å². The molecule has 1 aromatic heterocycles. The molecule has 0 aromatic carbocycles. The van der Waals surface area contributed by atoms with Crippen LogP contribution >= 0.6 is 0 Å². The summed E-state index contributed by atoms with van der Waals surface area (Å²) in [5, 5.41) is 14.9. The van der Waals surface area contributed by atoms with Crippen LogP contribution in [0.4, 0.5) is 0 Å². The van der Waals surface area contributed by atoms with Gasteiger partial charge in [-0.2, -0.15) is 0 Å². The van der Waals surface area contributed by atoms with Crippen LogP contribution in [0.2, 0.25) is 0 Å². The molecule has 0 saturated heterocycles. The van der Waals surface area contributed by atoms with Crippen molar-refractivity contribution < 1.29 is 9.53 Å². The van der Waals surface area contributed by atoms with E-state index in [1.54, 1.807) is 0 Å². The lowest BCUT2D eigenvalue weighted by molar-refractivity contribution is -0.143. The number of carbonyl (C=O) groups excluding carboxylic acids is 1. The summed E-state index contributed by atoms with van der Waals surface area (Å²) in [5.74, 6) is 0.732. The number of rotatable bonds is 8. The highest BCUT2D eigenvalue weighted by Gasteiger charge is 2.27. The van der Waals surface area contributed by atoms with E-state index >= 15 is 0 Å². The van der Waals surface area contributed by atoms with Crippen LogP contribution in [0.3, 0.4) is 0 Å². The van der Waals surface area contributed by atoms with Gasteiger partial charge in [0, 0.05) is 6.42 Å². The molecule has 1 saturated carbocycles. The van der Waals surface area contributed by atoms with Gasteiger partial charge in [-0.15, -0.1) is 5.10 Å². The van der Waals surface area contributed by atoms with Crippen LogP contribution in [0.25, 0.3) is 0 Å². The number of ether oxygens (including phenoxy) is 1. The van der Waals surface area contributed by atoms with Crippen LogP contribution in [0, 0.1) is 0 Å². The lowest BCUT2D eigenvalue weighted by Crippen LogP contribution is -2.19. The molecule has 18 heavy (non-hydrogen) atoms. The van der Waals surface area contributed by atoms with E-state index in [0.717, 1.165) is 18.8 Å². The molecule has 0 atom stereocenters. The lowest BCUT2D eigenvalue weighted by atomic mass is 10.3. The zero-order chi connectivity index (χ0) is 12.8. The Labute approximate surface area is 106 Å².